The number of nitrogens with one attached hydrogen (secondary N) is 2. The monoisotopic (exact) mass is 465 g/mol. The van der Waals surface area contributed by atoms with Gasteiger partial charge in [0.25, 0.3) is 11.8 Å². The third-order valence-corrected chi connectivity index (χ3v) is 6.97. The molecule has 166 valence electrons. The number of carbonyl (C=O) groups excluding carboxylic acids is 2. The van der Waals surface area contributed by atoms with Gasteiger partial charge in [0.1, 0.15) is 0 Å². The van der Waals surface area contributed by atoms with E-state index in [0.717, 1.165) is 6.42 Å². The summed E-state index contributed by atoms with van der Waals surface area (Å²) in [4.78, 5) is 25.3. The number of rotatable bonds is 7. The van der Waals surface area contributed by atoms with Gasteiger partial charge in [0, 0.05) is 19.6 Å². The molecule has 0 saturated carbocycles. The maximum atomic E-state index is 12.9. The van der Waals surface area contributed by atoms with Crippen LogP contribution in [0.2, 0.25) is 5.02 Å². The molecule has 0 aliphatic carbocycles. The molecule has 0 unspecified atom stereocenters. The molecule has 2 N–H and O–H groups in total. The van der Waals surface area contributed by atoms with Gasteiger partial charge in [0.05, 0.1) is 39.9 Å². The van der Waals surface area contributed by atoms with Gasteiger partial charge in [0.15, 0.2) is 0 Å². The molecule has 0 aromatic heterocycles. The smallest absolute Gasteiger partial charge is 0.257 e. The van der Waals surface area contributed by atoms with Crippen molar-refractivity contribution < 1.29 is 22.7 Å². The van der Waals surface area contributed by atoms with Crippen LogP contribution in [-0.4, -0.2) is 57.4 Å². The molecule has 2 aromatic rings. The Morgan fingerprint density at radius 1 is 1.06 bits per heavy atom. The van der Waals surface area contributed by atoms with Crippen molar-refractivity contribution in [3.8, 4) is 0 Å². The average molecular weight is 466 g/mol. The fourth-order valence-electron chi connectivity index (χ4n) is 3.09. The standard InChI is InChI=1S/C21H24ClN3O5S/c1-2-9-23-20(26)16-5-3-4-6-19(16)24-21(27)17-14-15(7-8-18(17)22)31(28,29)25-10-12-30-13-11-25/h3-8,14H,2,9-13H2,1H3,(H,23,26)(H,24,27). The van der Waals surface area contributed by atoms with E-state index in [-0.39, 0.29) is 34.5 Å². The summed E-state index contributed by atoms with van der Waals surface area (Å²) in [5.41, 5.74) is 0.607. The van der Waals surface area contributed by atoms with Gasteiger partial charge in [-0.15, -0.1) is 0 Å². The van der Waals surface area contributed by atoms with E-state index in [0.29, 0.717) is 31.0 Å². The molecule has 1 fully saturated rings. The number of hydrogen-bond donors (Lipinski definition) is 2. The lowest BCUT2D eigenvalue weighted by Crippen LogP contribution is -2.40. The van der Waals surface area contributed by atoms with Crippen LogP contribution in [0.1, 0.15) is 34.1 Å². The maximum absolute atomic E-state index is 12.9. The summed E-state index contributed by atoms with van der Waals surface area (Å²) in [7, 11) is -3.79. The van der Waals surface area contributed by atoms with Crippen LogP contribution >= 0.6 is 11.6 Å². The molecule has 10 heteroatoms. The molecular formula is C21H24ClN3O5S. The van der Waals surface area contributed by atoms with Crippen molar-refractivity contribution in [2.45, 2.75) is 18.2 Å². The van der Waals surface area contributed by atoms with E-state index < -0.39 is 15.9 Å². The number of morpholine rings is 1. The highest BCUT2D eigenvalue weighted by Gasteiger charge is 2.28. The summed E-state index contributed by atoms with van der Waals surface area (Å²) in [6, 6.07) is 10.6. The third-order valence-electron chi connectivity index (χ3n) is 4.75. The molecule has 1 saturated heterocycles. The minimum atomic E-state index is -3.79. The van der Waals surface area contributed by atoms with Crippen LogP contribution in [0.4, 0.5) is 5.69 Å². The van der Waals surface area contributed by atoms with Crippen LogP contribution in [0, 0.1) is 0 Å². The van der Waals surface area contributed by atoms with Gasteiger partial charge < -0.3 is 15.4 Å². The molecule has 1 aliphatic rings. The van der Waals surface area contributed by atoms with E-state index in [4.69, 9.17) is 16.3 Å². The first-order chi connectivity index (χ1) is 14.8. The fourth-order valence-corrected chi connectivity index (χ4v) is 4.73. The number of carbonyl (C=O) groups is 2. The molecule has 2 aromatic carbocycles. The second kappa shape index (κ2) is 10.2. The molecule has 1 aliphatic heterocycles. The van der Waals surface area contributed by atoms with Gasteiger partial charge in [0.2, 0.25) is 10.0 Å². The number of hydrogen-bond acceptors (Lipinski definition) is 5. The highest BCUT2D eigenvalue weighted by atomic mass is 35.5. The predicted octanol–water partition coefficient (Wildman–Crippen LogP) is 2.75. The molecule has 3 rings (SSSR count). The van der Waals surface area contributed by atoms with Gasteiger partial charge >= 0.3 is 0 Å². The number of para-hydroxylation sites is 1. The molecule has 0 atom stereocenters. The summed E-state index contributed by atoms with van der Waals surface area (Å²) in [6.45, 7) is 3.57. The maximum Gasteiger partial charge on any atom is 0.257 e. The molecule has 31 heavy (non-hydrogen) atoms. The second-order valence-corrected chi connectivity index (χ2v) is 9.26. The molecule has 0 spiro atoms. The first kappa shape index (κ1) is 23.2. The quantitative estimate of drug-likeness (QED) is 0.654. The Balaban J connectivity index is 1.86. The normalized spacial score (nSPS) is 14.8. The largest absolute Gasteiger partial charge is 0.379 e. The minimum Gasteiger partial charge on any atom is -0.379 e. The third kappa shape index (κ3) is 5.43. The van der Waals surface area contributed by atoms with E-state index in [2.05, 4.69) is 10.6 Å². The van der Waals surface area contributed by atoms with Crippen LogP contribution in [0.3, 0.4) is 0 Å². The molecular weight excluding hydrogens is 442 g/mol. The zero-order valence-corrected chi connectivity index (χ0v) is 18.6. The van der Waals surface area contributed by atoms with E-state index >= 15 is 0 Å². The van der Waals surface area contributed by atoms with E-state index in [9.17, 15) is 18.0 Å². The Bertz CT molecular complexity index is 1070. The molecule has 1 heterocycles. The van der Waals surface area contributed by atoms with Crippen LogP contribution in [-0.2, 0) is 14.8 Å². The Morgan fingerprint density at radius 2 is 1.77 bits per heavy atom. The average Bonchev–Trinajstić information content (AvgIpc) is 2.78. The van der Waals surface area contributed by atoms with Gasteiger partial charge in [-0.25, -0.2) is 8.42 Å². The van der Waals surface area contributed by atoms with Crippen molar-refractivity contribution in [2.75, 3.05) is 38.2 Å². The Morgan fingerprint density at radius 3 is 2.48 bits per heavy atom. The minimum absolute atomic E-state index is 0.000212. The molecule has 8 nitrogen and oxygen atoms in total. The summed E-state index contributed by atoms with van der Waals surface area (Å²) in [5.74, 6) is -0.924. The van der Waals surface area contributed by atoms with Crippen LogP contribution in [0.15, 0.2) is 47.4 Å². The predicted molar refractivity (Wildman–Crippen MR) is 118 cm³/mol. The number of sulfonamides is 1. The summed E-state index contributed by atoms with van der Waals surface area (Å²) in [6.07, 6.45) is 0.778. The van der Waals surface area contributed by atoms with Crippen molar-refractivity contribution in [2.24, 2.45) is 0 Å². The number of amides is 2. The van der Waals surface area contributed by atoms with E-state index in [1.807, 2.05) is 6.92 Å². The van der Waals surface area contributed by atoms with Crippen molar-refractivity contribution in [3.05, 3.63) is 58.6 Å². The van der Waals surface area contributed by atoms with Crippen LogP contribution < -0.4 is 10.6 Å². The Kier molecular flexibility index (Phi) is 7.66. The highest BCUT2D eigenvalue weighted by molar-refractivity contribution is 7.89. The zero-order valence-electron chi connectivity index (χ0n) is 17.1. The lowest BCUT2D eigenvalue weighted by molar-refractivity contribution is 0.0730. The lowest BCUT2D eigenvalue weighted by Gasteiger charge is -2.26. The number of nitrogens with zero attached hydrogens (tertiary/aromatic N) is 1. The van der Waals surface area contributed by atoms with Crippen LogP contribution in [0.5, 0.6) is 0 Å². The molecule has 0 bridgehead atoms. The summed E-state index contributed by atoms with van der Waals surface area (Å²) in [5, 5.41) is 5.54. The Hall–Kier alpha value is -2.46. The number of benzene rings is 2. The fraction of sp³-hybridized carbons (Fsp3) is 0.333. The van der Waals surface area contributed by atoms with Crippen LogP contribution in [0.25, 0.3) is 0 Å². The lowest BCUT2D eigenvalue weighted by atomic mass is 10.1. The summed E-state index contributed by atoms with van der Waals surface area (Å²) < 4.78 is 32.4. The van der Waals surface area contributed by atoms with Gasteiger partial charge in [-0.05, 0) is 36.8 Å². The second-order valence-electron chi connectivity index (χ2n) is 6.91. The van der Waals surface area contributed by atoms with Crippen molar-refractivity contribution in [3.63, 3.8) is 0 Å². The van der Waals surface area contributed by atoms with Gasteiger partial charge in [-0.3, -0.25) is 9.59 Å². The van der Waals surface area contributed by atoms with Crippen molar-refractivity contribution in [1.29, 1.82) is 0 Å². The topological polar surface area (TPSA) is 105 Å². The van der Waals surface area contributed by atoms with Gasteiger partial charge in [-0.1, -0.05) is 30.7 Å². The highest BCUT2D eigenvalue weighted by Crippen LogP contribution is 2.25. The first-order valence-electron chi connectivity index (χ1n) is 9.90. The SMILES string of the molecule is CCCNC(=O)c1ccccc1NC(=O)c1cc(S(=O)(=O)N2CCOCC2)ccc1Cl. The Labute approximate surface area is 186 Å². The van der Waals surface area contributed by atoms with E-state index in [1.54, 1.807) is 24.3 Å². The zero-order chi connectivity index (χ0) is 22.4. The van der Waals surface area contributed by atoms with E-state index in [1.165, 1.54) is 22.5 Å². The number of halogens is 1. The van der Waals surface area contributed by atoms with Crippen molar-refractivity contribution in [1.82, 2.24) is 9.62 Å². The first-order valence-corrected chi connectivity index (χ1v) is 11.7. The van der Waals surface area contributed by atoms with Gasteiger partial charge in [-0.2, -0.15) is 4.31 Å². The molecule has 2 amide bonds. The summed E-state index contributed by atoms with van der Waals surface area (Å²) >= 11 is 6.20. The van der Waals surface area contributed by atoms with Crippen molar-refractivity contribution >= 4 is 39.1 Å². The number of anilines is 1. The molecule has 0 radical (unpaired) electrons. The number of ether oxygens (including phenoxy) is 1.